The molecule has 0 radical (unpaired) electrons. The predicted molar refractivity (Wildman–Crippen MR) is 144 cm³/mol. The highest BCUT2D eigenvalue weighted by Crippen LogP contribution is 2.44. The topological polar surface area (TPSA) is 18.5 Å². The van der Waals surface area contributed by atoms with Crippen LogP contribution in [0.15, 0.2) is 42.2 Å². The Kier molecular flexibility index (Phi) is 10.1. The van der Waals surface area contributed by atoms with Crippen LogP contribution in [0.4, 0.5) is 0 Å². The molecule has 2 unspecified atom stereocenters. The van der Waals surface area contributed by atoms with E-state index in [1.54, 1.807) is 0 Å². The van der Waals surface area contributed by atoms with Gasteiger partial charge in [0.25, 0.3) is 0 Å². The number of benzene rings is 2. The molecule has 0 saturated heterocycles. The second-order valence-corrected chi connectivity index (χ2v) is 12.0. The lowest BCUT2D eigenvalue weighted by molar-refractivity contribution is 0.244. The van der Waals surface area contributed by atoms with Crippen LogP contribution in [0.3, 0.4) is 0 Å². The molecular formula is C21H22Br6O2. The van der Waals surface area contributed by atoms with Gasteiger partial charge in [-0.1, -0.05) is 45.7 Å². The molecule has 2 aromatic rings. The van der Waals surface area contributed by atoms with Crippen molar-refractivity contribution < 1.29 is 9.47 Å². The fraction of sp³-hybridized carbons (Fsp3) is 0.429. The zero-order valence-electron chi connectivity index (χ0n) is 16.5. The van der Waals surface area contributed by atoms with Crippen LogP contribution in [0.1, 0.15) is 38.8 Å². The molecule has 0 spiro atoms. The second kappa shape index (κ2) is 11.2. The molecular weight excluding hydrogens is 764 g/mol. The Balaban J connectivity index is 2.45. The molecule has 0 fully saturated rings. The highest BCUT2D eigenvalue weighted by molar-refractivity contribution is 9.11. The van der Waals surface area contributed by atoms with Gasteiger partial charge in [-0.2, -0.15) is 0 Å². The largest absolute Gasteiger partial charge is 0.487 e. The molecule has 2 rings (SSSR count). The Morgan fingerprint density at radius 1 is 0.690 bits per heavy atom. The number of hydrogen-bond donors (Lipinski definition) is 0. The minimum atomic E-state index is -0.241. The van der Waals surface area contributed by atoms with Crippen molar-refractivity contribution in [3.8, 4) is 11.5 Å². The zero-order chi connectivity index (χ0) is 21.9. The molecule has 0 aromatic heterocycles. The van der Waals surface area contributed by atoms with Crippen LogP contribution in [-0.4, -0.2) is 22.9 Å². The zero-order valence-corrected chi connectivity index (χ0v) is 26.0. The Hall–Kier alpha value is 0.920. The molecule has 2 atom stereocenters. The van der Waals surface area contributed by atoms with Crippen molar-refractivity contribution in [3.05, 3.63) is 53.3 Å². The van der Waals surface area contributed by atoms with Gasteiger partial charge in [-0.25, -0.2) is 0 Å². The monoisotopic (exact) mass is 780 g/mol. The van der Waals surface area contributed by atoms with E-state index in [0.717, 1.165) is 51.2 Å². The highest BCUT2D eigenvalue weighted by atomic mass is 79.9. The molecule has 0 aliphatic rings. The molecule has 2 aromatic carbocycles. The summed E-state index contributed by atoms with van der Waals surface area (Å²) in [6.07, 6.45) is 0.144. The van der Waals surface area contributed by atoms with Crippen LogP contribution in [-0.2, 0) is 5.41 Å². The van der Waals surface area contributed by atoms with Gasteiger partial charge in [0.05, 0.1) is 17.9 Å². The summed E-state index contributed by atoms with van der Waals surface area (Å²) < 4.78 is 15.7. The molecule has 0 saturated carbocycles. The summed E-state index contributed by atoms with van der Waals surface area (Å²) in [5, 5.41) is 1.53. The van der Waals surface area contributed by atoms with Crippen molar-refractivity contribution in [2.75, 3.05) is 10.7 Å². The molecule has 0 bridgehead atoms. The summed E-state index contributed by atoms with van der Waals surface area (Å²) in [6.45, 7) is 8.47. The van der Waals surface area contributed by atoms with Crippen molar-refractivity contribution in [1.82, 2.24) is 0 Å². The number of hydrogen-bond acceptors (Lipinski definition) is 2. The number of rotatable bonds is 8. The lowest BCUT2D eigenvalue weighted by Crippen LogP contribution is -2.20. The fourth-order valence-electron chi connectivity index (χ4n) is 2.70. The van der Waals surface area contributed by atoms with Crippen LogP contribution in [0.25, 0.3) is 0 Å². The third-order valence-corrected chi connectivity index (χ3v) is 8.69. The average molecular weight is 786 g/mol. The number of ether oxygens (including phenoxy) is 2. The quantitative estimate of drug-likeness (QED) is 0.249. The predicted octanol–water partition coefficient (Wildman–Crippen LogP) is 9.39. The summed E-state index contributed by atoms with van der Waals surface area (Å²) >= 11 is 21.7. The average Bonchev–Trinajstić information content (AvgIpc) is 2.66. The maximum atomic E-state index is 6.02. The Labute approximate surface area is 223 Å². The highest BCUT2D eigenvalue weighted by Gasteiger charge is 2.27. The van der Waals surface area contributed by atoms with Gasteiger partial charge in [-0.15, -0.1) is 0 Å². The molecule has 0 N–H and O–H groups in total. The van der Waals surface area contributed by atoms with E-state index < -0.39 is 0 Å². The van der Waals surface area contributed by atoms with E-state index in [9.17, 15) is 0 Å². The summed E-state index contributed by atoms with van der Waals surface area (Å²) in [5.41, 5.74) is 2.09. The molecule has 0 aliphatic carbocycles. The first-order chi connectivity index (χ1) is 13.5. The van der Waals surface area contributed by atoms with Crippen LogP contribution in [0.2, 0.25) is 0 Å². The third kappa shape index (κ3) is 6.47. The van der Waals surface area contributed by atoms with Crippen molar-refractivity contribution in [2.45, 2.75) is 45.3 Å². The van der Waals surface area contributed by atoms with E-state index >= 15 is 0 Å². The maximum absolute atomic E-state index is 6.02. The van der Waals surface area contributed by atoms with E-state index in [1.165, 1.54) is 0 Å². The van der Waals surface area contributed by atoms with Gasteiger partial charge in [0.15, 0.2) is 0 Å². The van der Waals surface area contributed by atoms with Crippen molar-refractivity contribution in [2.24, 2.45) is 0 Å². The smallest absolute Gasteiger partial charge is 0.148 e. The number of alkyl halides is 2. The normalized spacial score (nSPS) is 13.9. The van der Waals surface area contributed by atoms with Crippen LogP contribution < -0.4 is 9.47 Å². The molecule has 0 amide bonds. The molecule has 0 aliphatic heterocycles. The Morgan fingerprint density at radius 2 is 0.966 bits per heavy atom. The van der Waals surface area contributed by atoms with Crippen LogP contribution >= 0.6 is 95.6 Å². The molecule has 0 heterocycles. The van der Waals surface area contributed by atoms with Gasteiger partial charge in [0.1, 0.15) is 23.7 Å². The van der Waals surface area contributed by atoms with Gasteiger partial charge in [-0.3, -0.25) is 0 Å². The minimum Gasteiger partial charge on any atom is -0.487 e. The maximum Gasteiger partial charge on any atom is 0.148 e. The van der Waals surface area contributed by atoms with Crippen LogP contribution in [0, 0.1) is 0 Å². The SMILES string of the molecule is CC(CBr)Oc1c(Br)cc(C(C)(C)c2cc(Br)c(OC(C)CBr)c(Br)c2)cc1Br. The lowest BCUT2D eigenvalue weighted by atomic mass is 9.78. The molecule has 160 valence electrons. The second-order valence-electron chi connectivity index (χ2n) is 7.33. The summed E-state index contributed by atoms with van der Waals surface area (Å²) in [4.78, 5) is 0. The van der Waals surface area contributed by atoms with Crippen molar-refractivity contribution in [1.29, 1.82) is 0 Å². The van der Waals surface area contributed by atoms with Crippen molar-refractivity contribution in [3.63, 3.8) is 0 Å². The Morgan fingerprint density at radius 3 is 1.21 bits per heavy atom. The van der Waals surface area contributed by atoms with E-state index in [4.69, 9.17) is 9.47 Å². The summed E-state index contributed by atoms with van der Waals surface area (Å²) in [6, 6.07) is 8.50. The minimum absolute atomic E-state index is 0.0721. The van der Waals surface area contributed by atoms with Gasteiger partial charge >= 0.3 is 0 Å². The summed E-state index contributed by atoms with van der Waals surface area (Å²) in [7, 11) is 0. The molecule has 29 heavy (non-hydrogen) atoms. The lowest BCUT2D eigenvalue weighted by Gasteiger charge is -2.29. The number of halogens is 6. The van der Waals surface area contributed by atoms with E-state index in [1.807, 2.05) is 13.8 Å². The van der Waals surface area contributed by atoms with E-state index in [0.29, 0.717) is 0 Å². The van der Waals surface area contributed by atoms with Gasteiger partial charge in [-0.05, 0) is 113 Å². The third-order valence-electron chi connectivity index (χ3n) is 4.51. The van der Waals surface area contributed by atoms with E-state index in [-0.39, 0.29) is 17.6 Å². The van der Waals surface area contributed by atoms with Gasteiger partial charge < -0.3 is 9.47 Å². The standard InChI is InChI=1S/C21H22Br6O2/c1-11(9-22)28-19-15(24)5-13(6-16(19)25)21(3,4)14-7-17(26)20(18(27)8-14)29-12(2)10-23/h5-8,11-12H,9-10H2,1-4H3. The first-order valence-corrected chi connectivity index (χ1v) is 14.4. The summed E-state index contributed by atoms with van der Waals surface area (Å²) in [5.74, 6) is 1.62. The van der Waals surface area contributed by atoms with Gasteiger partial charge in [0.2, 0.25) is 0 Å². The Bertz CT molecular complexity index is 753. The van der Waals surface area contributed by atoms with Gasteiger partial charge in [0, 0.05) is 16.1 Å². The molecule has 8 heteroatoms. The first-order valence-electron chi connectivity index (χ1n) is 8.95. The van der Waals surface area contributed by atoms with E-state index in [2.05, 4.69) is 134 Å². The van der Waals surface area contributed by atoms with Crippen molar-refractivity contribution >= 4 is 95.6 Å². The fourth-order valence-corrected chi connectivity index (χ4v) is 5.71. The molecule has 2 nitrogen and oxygen atoms in total. The van der Waals surface area contributed by atoms with Crippen LogP contribution in [0.5, 0.6) is 11.5 Å². The first kappa shape index (κ1) is 26.2.